The van der Waals surface area contributed by atoms with Crippen LogP contribution < -0.4 is 14.2 Å². The van der Waals surface area contributed by atoms with Crippen LogP contribution in [0.1, 0.15) is 45.2 Å². The van der Waals surface area contributed by atoms with E-state index in [0.29, 0.717) is 29.1 Å². The van der Waals surface area contributed by atoms with Gasteiger partial charge in [0.05, 0.1) is 47.3 Å². The number of rotatable bonds is 13. The molecule has 0 bridgehead atoms. The summed E-state index contributed by atoms with van der Waals surface area (Å²) in [7, 11) is -2.26. The Balaban J connectivity index is 1.49. The predicted octanol–water partition coefficient (Wildman–Crippen LogP) is 8.27. The zero-order chi connectivity index (χ0) is 40.0. The van der Waals surface area contributed by atoms with Gasteiger partial charge in [-0.2, -0.15) is 17.7 Å². The second kappa shape index (κ2) is 16.8. The summed E-state index contributed by atoms with van der Waals surface area (Å²) in [6.45, 7) is 5.53. The number of phenols is 1. The number of aryl methyl sites for hydroxylation is 2. The van der Waals surface area contributed by atoms with Gasteiger partial charge >= 0.3 is 23.2 Å². The fraction of sp³-hybridized carbons (Fsp3) is 0.189. The number of nitrogens with two attached hydrogens (primary N) is 1. The largest absolute Gasteiger partial charge is 0.505 e. The van der Waals surface area contributed by atoms with Gasteiger partial charge in [-0.25, -0.2) is 9.59 Å². The predicted molar refractivity (Wildman–Crippen MR) is 206 cm³/mol. The Kier molecular flexibility index (Phi) is 12.2. The van der Waals surface area contributed by atoms with Crippen LogP contribution in [0.25, 0.3) is 10.8 Å². The number of nitrogen functional groups attached to an aromatic ring is 1. The van der Waals surface area contributed by atoms with Gasteiger partial charge in [-0.3, -0.25) is 8.86 Å². The lowest BCUT2D eigenvalue weighted by Gasteiger charge is -2.17. The molecule has 5 aromatic carbocycles. The van der Waals surface area contributed by atoms with E-state index in [2.05, 4.69) is 20.5 Å². The molecule has 0 saturated heterocycles. The third-order valence-electron chi connectivity index (χ3n) is 8.04. The second-order valence-corrected chi connectivity index (χ2v) is 14.5. The van der Waals surface area contributed by atoms with Gasteiger partial charge < -0.3 is 24.5 Å². The lowest BCUT2D eigenvalue weighted by atomic mass is 10.0. The number of benzene rings is 5. The number of anilines is 2. The third-order valence-corrected chi connectivity index (χ3v) is 9.90. The molecule has 0 spiro atoms. The van der Waals surface area contributed by atoms with Crippen LogP contribution in [0.2, 0.25) is 0 Å². The summed E-state index contributed by atoms with van der Waals surface area (Å²) in [6.07, 6.45) is 0.560. The third kappa shape index (κ3) is 9.11. The number of hydrogen-bond acceptors (Lipinski definition) is 14. The highest BCUT2D eigenvalue weighted by atomic mass is 32.2. The van der Waals surface area contributed by atoms with Gasteiger partial charge in [0.2, 0.25) is 0 Å². The molecular weight excluding hydrogens is 753 g/mol. The van der Waals surface area contributed by atoms with E-state index in [9.17, 15) is 31.9 Å². The second-order valence-electron chi connectivity index (χ2n) is 12.0. The SMILES string of the molecule is CCCOC(=O)c1ccc(C(=O)OC)c(N=Nc2c(S(=O)(=O)O)cc3cc(C)c(N=Nc4ccc(OS(=O)N(C)c5ccc(C)cc5)cc4)c(N)c3c2O)c1. The number of nitrogens with zero attached hydrogens (tertiary/aromatic N) is 5. The molecule has 286 valence electrons. The maximum atomic E-state index is 12.8. The Bertz CT molecular complexity index is 2470. The van der Waals surface area contributed by atoms with E-state index in [1.54, 1.807) is 38.2 Å². The Hall–Kier alpha value is -6.24. The van der Waals surface area contributed by atoms with E-state index in [-0.39, 0.29) is 45.6 Å². The van der Waals surface area contributed by atoms with Crippen LogP contribution in [-0.2, 0) is 30.9 Å². The van der Waals surface area contributed by atoms with E-state index >= 15 is 0 Å². The van der Waals surface area contributed by atoms with Crippen molar-refractivity contribution in [1.82, 2.24) is 0 Å². The van der Waals surface area contributed by atoms with Crippen LogP contribution in [-0.4, -0.2) is 55.0 Å². The van der Waals surface area contributed by atoms with Crippen molar-refractivity contribution in [2.75, 3.05) is 30.8 Å². The van der Waals surface area contributed by atoms with Gasteiger partial charge in [-0.1, -0.05) is 24.6 Å². The molecule has 0 aliphatic heterocycles. The first-order valence-electron chi connectivity index (χ1n) is 16.4. The molecule has 5 aromatic rings. The maximum Gasteiger partial charge on any atom is 0.340 e. The summed E-state index contributed by atoms with van der Waals surface area (Å²) in [6, 6.07) is 20.0. The number of methoxy groups -OCH3 is 1. The number of esters is 2. The van der Waals surface area contributed by atoms with E-state index in [4.69, 9.17) is 19.4 Å². The van der Waals surface area contributed by atoms with Crippen molar-refractivity contribution in [3.05, 3.63) is 101 Å². The summed E-state index contributed by atoms with van der Waals surface area (Å²) in [5.41, 5.74) is 7.98. The Labute approximate surface area is 318 Å². The maximum absolute atomic E-state index is 12.8. The van der Waals surface area contributed by atoms with Crippen LogP contribution in [0.15, 0.2) is 104 Å². The van der Waals surface area contributed by atoms with Gasteiger partial charge in [-0.05, 0) is 97.9 Å². The average molecular weight is 789 g/mol. The first-order chi connectivity index (χ1) is 26.1. The Morgan fingerprint density at radius 2 is 1.56 bits per heavy atom. The van der Waals surface area contributed by atoms with Crippen LogP contribution in [0.4, 0.5) is 34.1 Å². The molecule has 1 atom stereocenters. The van der Waals surface area contributed by atoms with Crippen molar-refractivity contribution in [2.45, 2.75) is 32.1 Å². The van der Waals surface area contributed by atoms with Crippen LogP contribution in [0.3, 0.4) is 0 Å². The van der Waals surface area contributed by atoms with E-state index in [1.807, 2.05) is 38.1 Å². The molecule has 0 aromatic heterocycles. The van der Waals surface area contributed by atoms with Gasteiger partial charge in [0.1, 0.15) is 27.7 Å². The number of ether oxygens (including phenoxy) is 2. The highest BCUT2D eigenvalue weighted by Crippen LogP contribution is 2.47. The van der Waals surface area contributed by atoms with Crippen molar-refractivity contribution in [2.24, 2.45) is 20.5 Å². The van der Waals surface area contributed by atoms with Crippen molar-refractivity contribution in [3.8, 4) is 11.5 Å². The fourth-order valence-corrected chi connectivity index (χ4v) is 6.51. The number of carbonyl (C=O) groups is 2. The normalized spacial score (nSPS) is 12.3. The Morgan fingerprint density at radius 1 is 0.891 bits per heavy atom. The minimum absolute atomic E-state index is 0.00497. The number of azo groups is 2. The summed E-state index contributed by atoms with van der Waals surface area (Å²) in [5, 5.41) is 27.9. The highest BCUT2D eigenvalue weighted by molar-refractivity contribution is 7.86. The first-order valence-corrected chi connectivity index (χ1v) is 18.9. The lowest BCUT2D eigenvalue weighted by Crippen LogP contribution is -2.24. The van der Waals surface area contributed by atoms with E-state index in [0.717, 1.165) is 18.7 Å². The van der Waals surface area contributed by atoms with Crippen LogP contribution in [0, 0.1) is 13.8 Å². The molecule has 55 heavy (non-hydrogen) atoms. The standard InChI is InChI=1S/C37H36N6O10S2/c1-6-17-52-36(45)23-9-16-28(37(46)51-5)29(19-23)40-42-34-30(55(48,49)50)20-24-18-22(3)33(32(38)31(24)35(34)44)41-39-25-10-14-27(15-11-25)53-54(47)43(4)26-12-7-21(2)8-13-26/h7-16,18-20,44H,6,17,38H2,1-5H3,(H,48,49,50). The molecular formula is C37H36N6O10S2. The minimum Gasteiger partial charge on any atom is -0.505 e. The number of phenolic OH excluding ortho intramolecular Hbond substituents is 1. The van der Waals surface area contributed by atoms with Gasteiger partial charge in [-0.15, -0.1) is 15.3 Å². The topological polar surface area (TPSA) is 232 Å². The lowest BCUT2D eigenvalue weighted by molar-refractivity contribution is 0.0503. The number of aromatic hydroxyl groups is 1. The van der Waals surface area contributed by atoms with Crippen molar-refractivity contribution in [1.29, 1.82) is 0 Å². The molecule has 18 heteroatoms. The van der Waals surface area contributed by atoms with Crippen molar-refractivity contribution in [3.63, 3.8) is 0 Å². The first kappa shape index (κ1) is 40.0. The molecule has 0 saturated carbocycles. The van der Waals surface area contributed by atoms with Crippen molar-refractivity contribution < 1.29 is 45.5 Å². The molecule has 5 rings (SSSR count). The number of fused-ring (bicyclic) bond motifs is 1. The molecule has 0 radical (unpaired) electrons. The van der Waals surface area contributed by atoms with Gasteiger partial charge in [0.15, 0.2) is 5.75 Å². The average Bonchev–Trinajstić information content (AvgIpc) is 3.16. The summed E-state index contributed by atoms with van der Waals surface area (Å²) in [4.78, 5) is 24.2. The smallest absolute Gasteiger partial charge is 0.340 e. The molecule has 16 nitrogen and oxygen atoms in total. The minimum atomic E-state index is -5.02. The summed E-state index contributed by atoms with van der Waals surface area (Å²) < 4.78 is 65.0. The molecule has 0 aliphatic carbocycles. The van der Waals surface area contributed by atoms with Gasteiger partial charge in [0, 0.05) is 7.05 Å². The molecule has 4 N–H and O–H groups in total. The summed E-state index contributed by atoms with van der Waals surface area (Å²) >= 11 is -1.83. The van der Waals surface area contributed by atoms with Crippen LogP contribution in [0.5, 0.6) is 11.5 Å². The van der Waals surface area contributed by atoms with E-state index < -0.39 is 49.7 Å². The van der Waals surface area contributed by atoms with E-state index in [1.165, 1.54) is 28.6 Å². The van der Waals surface area contributed by atoms with Gasteiger partial charge in [0.25, 0.3) is 10.1 Å². The molecule has 0 amide bonds. The molecule has 0 aliphatic rings. The van der Waals surface area contributed by atoms with Crippen molar-refractivity contribution >= 4 is 78.2 Å². The fourth-order valence-electron chi connectivity index (χ4n) is 5.17. The highest BCUT2D eigenvalue weighted by Gasteiger charge is 2.25. The van der Waals surface area contributed by atoms with Crippen LogP contribution >= 0.6 is 0 Å². The Morgan fingerprint density at radius 3 is 2.20 bits per heavy atom. The molecule has 0 fully saturated rings. The number of hydrogen-bond donors (Lipinski definition) is 3. The zero-order valence-corrected chi connectivity index (χ0v) is 31.8. The summed E-state index contributed by atoms with van der Waals surface area (Å²) in [5.74, 6) is -2.04. The molecule has 0 heterocycles. The molecule has 1 unspecified atom stereocenters. The quantitative estimate of drug-likeness (QED) is 0.0444. The zero-order valence-electron chi connectivity index (χ0n) is 30.2. The monoisotopic (exact) mass is 788 g/mol. The number of carbonyl (C=O) groups excluding carboxylic acids is 2.